The van der Waals surface area contributed by atoms with Crippen molar-refractivity contribution in [2.45, 2.75) is 192 Å². The fraction of sp³-hybridized carbons (Fsp3) is 0.530. The third kappa shape index (κ3) is 18.1. The molecule has 0 heterocycles. The lowest BCUT2D eigenvalue weighted by molar-refractivity contribution is -0.144. The zero-order valence-corrected chi connectivity index (χ0v) is 47.9. The van der Waals surface area contributed by atoms with Gasteiger partial charge in [-0.1, -0.05) is 202 Å². The highest BCUT2D eigenvalue weighted by atomic mass is 16.6. The molecule has 0 saturated heterocycles. The summed E-state index contributed by atoms with van der Waals surface area (Å²) in [4.78, 5) is 96.6. The largest absolute Gasteiger partial charge is 0.481 e. The number of hydrogen-bond acceptors (Lipinski definition) is 9. The van der Waals surface area contributed by atoms with Crippen LogP contribution >= 0.6 is 0 Å². The zero-order chi connectivity index (χ0) is 57.2. The summed E-state index contributed by atoms with van der Waals surface area (Å²) in [6.45, 7) is 8.62. The lowest BCUT2D eigenvalue weighted by Gasteiger charge is -2.26. The maximum absolute atomic E-state index is 14.6. The van der Waals surface area contributed by atoms with Crippen LogP contribution < -0.4 is 21.3 Å². The summed E-state index contributed by atoms with van der Waals surface area (Å²) < 4.78 is 11.7. The lowest BCUT2D eigenvalue weighted by Crippen LogP contribution is -2.52. The molecule has 5 atom stereocenters. The molecule has 80 heavy (non-hydrogen) atoms. The molecule has 4 aromatic rings. The minimum absolute atomic E-state index is 0.0298. The molecule has 0 spiro atoms. The van der Waals surface area contributed by atoms with Gasteiger partial charge in [0, 0.05) is 37.1 Å². The van der Waals surface area contributed by atoms with Crippen LogP contribution in [-0.2, 0) is 33.4 Å². The van der Waals surface area contributed by atoms with Gasteiger partial charge < -0.3 is 35.8 Å². The number of Topliss-reactive ketones (excluding diaryl/α,β-unsaturated/α-hetero) is 2. The molecular formula is C66H88N4O10. The van der Waals surface area contributed by atoms with E-state index in [1.807, 2.05) is 81.4 Å². The number of ketones is 2. The summed E-state index contributed by atoms with van der Waals surface area (Å²) in [5.41, 5.74) is 8.71. The highest BCUT2D eigenvalue weighted by molar-refractivity contribution is 5.96. The normalized spacial score (nSPS) is 14.2. The molecule has 14 nitrogen and oxygen atoms in total. The van der Waals surface area contributed by atoms with Crippen LogP contribution in [0.15, 0.2) is 97.1 Å². The zero-order valence-electron chi connectivity index (χ0n) is 47.9. The smallest absolute Gasteiger partial charge is 0.407 e. The van der Waals surface area contributed by atoms with Crippen molar-refractivity contribution in [2.75, 3.05) is 19.8 Å². The predicted molar refractivity (Wildman–Crippen MR) is 313 cm³/mol. The van der Waals surface area contributed by atoms with E-state index in [9.17, 15) is 38.7 Å². The van der Waals surface area contributed by atoms with E-state index in [2.05, 4.69) is 64.6 Å². The van der Waals surface area contributed by atoms with Crippen molar-refractivity contribution in [1.29, 1.82) is 0 Å². The van der Waals surface area contributed by atoms with E-state index in [1.54, 1.807) is 0 Å². The van der Waals surface area contributed by atoms with Gasteiger partial charge in [0.05, 0.1) is 18.0 Å². The molecule has 0 bridgehead atoms. The van der Waals surface area contributed by atoms with Gasteiger partial charge in [0.25, 0.3) is 0 Å². The quantitative estimate of drug-likeness (QED) is 0.0270. The first-order chi connectivity index (χ1) is 38.9. The third-order valence-electron chi connectivity index (χ3n) is 16.0. The number of amides is 4. The van der Waals surface area contributed by atoms with E-state index in [4.69, 9.17) is 9.47 Å². The van der Waals surface area contributed by atoms with E-state index in [0.29, 0.717) is 64.2 Å². The van der Waals surface area contributed by atoms with Crippen molar-refractivity contribution in [3.63, 3.8) is 0 Å². The number of alkyl carbamates (subject to hydrolysis) is 2. The molecule has 5 N–H and O–H groups in total. The van der Waals surface area contributed by atoms with Crippen LogP contribution in [0.1, 0.15) is 197 Å². The van der Waals surface area contributed by atoms with E-state index in [-0.39, 0.29) is 62.4 Å². The van der Waals surface area contributed by atoms with Gasteiger partial charge in [0.2, 0.25) is 11.8 Å². The Morgan fingerprint density at radius 2 is 0.787 bits per heavy atom. The van der Waals surface area contributed by atoms with E-state index < -0.39 is 59.9 Å². The fourth-order valence-corrected chi connectivity index (χ4v) is 11.4. The number of aliphatic carboxylic acids is 1. The van der Waals surface area contributed by atoms with Crippen molar-refractivity contribution in [2.24, 2.45) is 11.8 Å². The van der Waals surface area contributed by atoms with Gasteiger partial charge in [-0.25, -0.2) is 9.59 Å². The summed E-state index contributed by atoms with van der Waals surface area (Å²) in [7, 11) is 0. The molecule has 0 radical (unpaired) electrons. The predicted octanol–water partition coefficient (Wildman–Crippen LogP) is 13.1. The van der Waals surface area contributed by atoms with Crippen molar-refractivity contribution in [3.05, 3.63) is 119 Å². The molecule has 0 fully saturated rings. The van der Waals surface area contributed by atoms with Crippen molar-refractivity contribution in [1.82, 2.24) is 21.3 Å². The van der Waals surface area contributed by atoms with Crippen LogP contribution in [0.5, 0.6) is 0 Å². The van der Waals surface area contributed by atoms with Gasteiger partial charge in [-0.3, -0.25) is 24.0 Å². The number of carbonyl (C=O) groups excluding carboxylic acids is 6. The van der Waals surface area contributed by atoms with Gasteiger partial charge in [0.15, 0.2) is 11.6 Å². The maximum atomic E-state index is 14.6. The number of carboxylic acids is 1. The van der Waals surface area contributed by atoms with Crippen LogP contribution in [0.4, 0.5) is 9.59 Å². The molecule has 14 heteroatoms. The molecule has 4 amide bonds. The Balaban J connectivity index is 1.13. The lowest BCUT2D eigenvalue weighted by atomic mass is 9.89. The van der Waals surface area contributed by atoms with Gasteiger partial charge in [-0.2, -0.15) is 0 Å². The molecule has 5 unspecified atom stereocenters. The Kier molecular flexibility index (Phi) is 25.8. The number of carbonyl (C=O) groups is 7. The number of nitrogens with one attached hydrogen (secondary N) is 4. The minimum Gasteiger partial charge on any atom is -0.481 e. The molecule has 2 aliphatic carbocycles. The summed E-state index contributed by atoms with van der Waals surface area (Å²) in [6, 6.07) is 29.3. The number of ether oxygens (including phenoxy) is 2. The number of hydrogen-bond donors (Lipinski definition) is 5. The summed E-state index contributed by atoms with van der Waals surface area (Å²) in [5, 5.41) is 21.7. The van der Waals surface area contributed by atoms with Crippen LogP contribution in [0.25, 0.3) is 22.3 Å². The first-order valence-electron chi connectivity index (χ1n) is 30.0. The molecule has 2 aliphatic rings. The fourth-order valence-electron chi connectivity index (χ4n) is 11.4. The highest BCUT2D eigenvalue weighted by Crippen LogP contribution is 2.46. The van der Waals surface area contributed by atoms with Crippen molar-refractivity contribution < 1.29 is 48.1 Å². The Labute approximate surface area is 474 Å². The standard InChI is InChI=1S/C66H88N4O10/c1-5-9-13-27-45(62(73)68-57(37-15-11-7-3)61(72)42-46(64(75)76)28-14-10-6-2)41-60(71)58(38-16-12-8-4)69-63(74)59(70-66(78)80-44-56-53-35-23-19-31-49(53)50-32-20-24-36-54(50)56)39-25-26-40-67-65(77)79-43-55-51-33-21-17-29-47(51)48-30-18-22-34-52(48)55/h17-24,29-36,45-46,55-59H,5-16,25-28,37-44H2,1-4H3,(H,67,77)(H,68,73)(H,69,74)(H,70,78)(H,75,76). The second-order valence-corrected chi connectivity index (χ2v) is 21.9. The second-order valence-electron chi connectivity index (χ2n) is 21.9. The Hall–Kier alpha value is -6.83. The van der Waals surface area contributed by atoms with Gasteiger partial charge in [-0.05, 0) is 89.5 Å². The first kappa shape index (κ1) is 62.4. The molecular weight excluding hydrogens is 1010 g/mol. The number of rotatable bonds is 37. The van der Waals surface area contributed by atoms with Crippen molar-refractivity contribution >= 4 is 41.5 Å². The first-order valence-corrected chi connectivity index (χ1v) is 30.0. The van der Waals surface area contributed by atoms with E-state index in [0.717, 1.165) is 95.9 Å². The molecule has 4 aromatic carbocycles. The molecule has 0 aliphatic heterocycles. The van der Waals surface area contributed by atoms with Gasteiger partial charge in [0.1, 0.15) is 19.3 Å². The SMILES string of the molecule is CCCCCC(CC(=O)C(CCCCC)NC(=O)C(CCCCC)CC(=O)C(CCCCC)NC(=O)C(CCCCNC(=O)OCC1c2ccccc2-c2ccccc21)NC(=O)OCC1c2ccccc2-c2ccccc21)C(=O)O. The van der Waals surface area contributed by atoms with Gasteiger partial charge in [-0.15, -0.1) is 0 Å². The van der Waals surface area contributed by atoms with Crippen LogP contribution in [0.2, 0.25) is 0 Å². The minimum atomic E-state index is -1.11. The van der Waals surface area contributed by atoms with E-state index >= 15 is 0 Å². The van der Waals surface area contributed by atoms with Crippen LogP contribution in [0, 0.1) is 11.8 Å². The average molecular weight is 1100 g/mol. The Morgan fingerprint density at radius 1 is 0.425 bits per heavy atom. The number of fused-ring (bicyclic) bond motifs is 6. The van der Waals surface area contributed by atoms with Crippen molar-refractivity contribution in [3.8, 4) is 22.3 Å². The second kappa shape index (κ2) is 33.0. The van der Waals surface area contributed by atoms with Crippen LogP contribution in [-0.4, -0.2) is 84.5 Å². The molecule has 0 saturated carbocycles. The van der Waals surface area contributed by atoms with Gasteiger partial charge >= 0.3 is 18.2 Å². The number of unbranched alkanes of at least 4 members (excludes halogenated alkanes) is 9. The topological polar surface area (TPSA) is 206 Å². The summed E-state index contributed by atoms with van der Waals surface area (Å²) >= 11 is 0. The number of carboxylic acid groups (broad SMARTS) is 1. The summed E-state index contributed by atoms with van der Waals surface area (Å²) in [5.74, 6) is -4.60. The van der Waals surface area contributed by atoms with E-state index in [1.165, 1.54) is 0 Å². The maximum Gasteiger partial charge on any atom is 0.407 e. The molecule has 6 rings (SSSR count). The third-order valence-corrected chi connectivity index (χ3v) is 16.0. The number of benzene rings is 4. The average Bonchev–Trinajstić information content (AvgIpc) is 4.04. The summed E-state index contributed by atoms with van der Waals surface area (Å²) in [6.07, 6.45) is 10.3. The Morgan fingerprint density at radius 3 is 1.23 bits per heavy atom. The molecule has 0 aromatic heterocycles. The highest BCUT2D eigenvalue weighted by Gasteiger charge is 2.35. The monoisotopic (exact) mass is 1100 g/mol. The molecule has 432 valence electrons. The Bertz CT molecular complexity index is 2580. The van der Waals surface area contributed by atoms with Crippen LogP contribution in [0.3, 0.4) is 0 Å².